The first-order valence-electron chi connectivity index (χ1n) is 8.28. The van der Waals surface area contributed by atoms with Gasteiger partial charge in [-0.2, -0.15) is 5.10 Å². The van der Waals surface area contributed by atoms with Gasteiger partial charge in [0.1, 0.15) is 10.8 Å². The number of hydrogen-bond donors (Lipinski definition) is 2. The number of carbonyl (C=O) groups excluding carboxylic acids is 1. The number of thiazole rings is 1. The van der Waals surface area contributed by atoms with Crippen LogP contribution < -0.4 is 10.6 Å². The molecule has 1 aliphatic carbocycles. The normalized spacial score (nSPS) is 16.9. The van der Waals surface area contributed by atoms with Crippen LogP contribution in [0.5, 0.6) is 0 Å². The standard InChI is InChI=1S/C16H23N5OS/c1-2-13(15-17-10-11-23-15)19-16(22)20-14-8-9-18-21(14)12-6-4-3-5-7-12/h8-13H,2-7H2,1H3,(H2,19,20,22). The summed E-state index contributed by atoms with van der Waals surface area (Å²) in [5, 5.41) is 13.2. The fourth-order valence-corrected chi connectivity index (χ4v) is 3.86. The lowest BCUT2D eigenvalue weighted by molar-refractivity contribution is 0.247. The highest BCUT2D eigenvalue weighted by molar-refractivity contribution is 7.09. The maximum Gasteiger partial charge on any atom is 0.320 e. The van der Waals surface area contributed by atoms with E-state index in [0.717, 1.165) is 30.1 Å². The van der Waals surface area contributed by atoms with E-state index >= 15 is 0 Å². The van der Waals surface area contributed by atoms with Gasteiger partial charge in [-0.15, -0.1) is 11.3 Å². The molecule has 0 radical (unpaired) electrons. The van der Waals surface area contributed by atoms with Crippen LogP contribution >= 0.6 is 11.3 Å². The maximum absolute atomic E-state index is 12.3. The summed E-state index contributed by atoms with van der Waals surface area (Å²) in [5.41, 5.74) is 0. The molecule has 0 aromatic carbocycles. The van der Waals surface area contributed by atoms with E-state index < -0.39 is 0 Å². The number of rotatable bonds is 5. The number of anilines is 1. The zero-order chi connectivity index (χ0) is 16.1. The summed E-state index contributed by atoms with van der Waals surface area (Å²) in [6, 6.07) is 2.00. The van der Waals surface area contributed by atoms with Gasteiger partial charge in [-0.25, -0.2) is 14.5 Å². The summed E-state index contributed by atoms with van der Waals surface area (Å²) in [4.78, 5) is 16.6. The second-order valence-electron chi connectivity index (χ2n) is 5.88. The summed E-state index contributed by atoms with van der Waals surface area (Å²) in [7, 11) is 0. The maximum atomic E-state index is 12.3. The first-order valence-corrected chi connectivity index (χ1v) is 9.16. The van der Waals surface area contributed by atoms with Crippen LogP contribution in [0.15, 0.2) is 23.8 Å². The predicted molar refractivity (Wildman–Crippen MR) is 91.6 cm³/mol. The van der Waals surface area contributed by atoms with Crippen LogP contribution in [0.1, 0.15) is 62.5 Å². The summed E-state index contributed by atoms with van der Waals surface area (Å²) >= 11 is 1.56. The van der Waals surface area contributed by atoms with Gasteiger partial charge < -0.3 is 5.32 Å². The molecule has 2 aromatic heterocycles. The van der Waals surface area contributed by atoms with Crippen LogP contribution in [0.3, 0.4) is 0 Å². The first-order chi connectivity index (χ1) is 11.3. The van der Waals surface area contributed by atoms with Gasteiger partial charge in [-0.3, -0.25) is 5.32 Å². The molecule has 2 N–H and O–H groups in total. The van der Waals surface area contributed by atoms with Crippen molar-refractivity contribution in [1.29, 1.82) is 0 Å². The van der Waals surface area contributed by atoms with Crippen molar-refractivity contribution in [1.82, 2.24) is 20.1 Å². The second-order valence-corrected chi connectivity index (χ2v) is 6.81. The lowest BCUT2D eigenvalue weighted by atomic mass is 9.96. The Morgan fingerprint density at radius 1 is 1.39 bits per heavy atom. The highest BCUT2D eigenvalue weighted by Gasteiger charge is 2.20. The molecule has 0 saturated heterocycles. The minimum atomic E-state index is -0.204. The summed E-state index contributed by atoms with van der Waals surface area (Å²) in [6.07, 6.45) is 10.4. The molecule has 2 amide bonds. The van der Waals surface area contributed by atoms with Crippen LogP contribution in [0.25, 0.3) is 0 Å². The van der Waals surface area contributed by atoms with E-state index in [2.05, 4.69) is 20.7 Å². The van der Waals surface area contributed by atoms with Crippen LogP contribution in [-0.4, -0.2) is 20.8 Å². The molecule has 0 aliphatic heterocycles. The minimum Gasteiger partial charge on any atom is -0.329 e. The fourth-order valence-electron chi connectivity index (χ4n) is 3.09. The van der Waals surface area contributed by atoms with Crippen molar-refractivity contribution in [3.8, 4) is 0 Å². The Hall–Kier alpha value is -1.89. The Bertz CT molecular complexity index is 618. The first kappa shape index (κ1) is 16.0. The average Bonchev–Trinajstić information content (AvgIpc) is 3.25. The molecule has 1 fully saturated rings. The van der Waals surface area contributed by atoms with Crippen LogP contribution in [-0.2, 0) is 0 Å². The Morgan fingerprint density at radius 2 is 2.22 bits per heavy atom. The Kier molecular flexibility index (Phi) is 5.27. The molecule has 1 aliphatic rings. The van der Waals surface area contributed by atoms with Gasteiger partial charge in [0, 0.05) is 17.6 Å². The summed E-state index contributed by atoms with van der Waals surface area (Å²) in [5.74, 6) is 0.767. The molecule has 1 atom stereocenters. The van der Waals surface area contributed by atoms with Gasteiger partial charge in [-0.1, -0.05) is 26.2 Å². The van der Waals surface area contributed by atoms with Crippen molar-refractivity contribution < 1.29 is 4.79 Å². The summed E-state index contributed by atoms with van der Waals surface area (Å²) < 4.78 is 1.96. The number of amides is 2. The van der Waals surface area contributed by atoms with Crippen molar-refractivity contribution in [3.05, 3.63) is 28.8 Å². The van der Waals surface area contributed by atoms with Crippen LogP contribution in [0, 0.1) is 0 Å². The summed E-state index contributed by atoms with van der Waals surface area (Å²) in [6.45, 7) is 2.04. The van der Waals surface area contributed by atoms with Gasteiger partial charge in [0.25, 0.3) is 0 Å². The van der Waals surface area contributed by atoms with Gasteiger partial charge in [0.15, 0.2) is 0 Å². The van der Waals surface area contributed by atoms with E-state index in [1.165, 1.54) is 19.3 Å². The smallest absolute Gasteiger partial charge is 0.320 e. The monoisotopic (exact) mass is 333 g/mol. The molecule has 1 unspecified atom stereocenters. The highest BCUT2D eigenvalue weighted by atomic mass is 32.1. The van der Waals surface area contributed by atoms with Gasteiger partial charge in [0.2, 0.25) is 0 Å². The van der Waals surface area contributed by atoms with Crippen molar-refractivity contribution in [2.75, 3.05) is 5.32 Å². The largest absolute Gasteiger partial charge is 0.329 e. The zero-order valence-corrected chi connectivity index (χ0v) is 14.2. The Balaban J connectivity index is 1.63. The van der Waals surface area contributed by atoms with Gasteiger partial charge in [0.05, 0.1) is 18.3 Å². The zero-order valence-electron chi connectivity index (χ0n) is 13.4. The Labute approximate surface area is 140 Å². The molecule has 7 heteroatoms. The highest BCUT2D eigenvalue weighted by Crippen LogP contribution is 2.30. The molecule has 0 bridgehead atoms. The van der Waals surface area contributed by atoms with Crippen molar-refractivity contribution in [3.63, 3.8) is 0 Å². The van der Waals surface area contributed by atoms with E-state index in [1.807, 2.05) is 23.1 Å². The third-order valence-corrected chi connectivity index (χ3v) is 5.18. The fraction of sp³-hybridized carbons (Fsp3) is 0.562. The number of nitrogens with zero attached hydrogens (tertiary/aromatic N) is 3. The average molecular weight is 333 g/mol. The minimum absolute atomic E-state index is 0.0546. The van der Waals surface area contributed by atoms with E-state index in [1.54, 1.807) is 23.7 Å². The number of urea groups is 1. The van der Waals surface area contributed by atoms with Gasteiger partial charge >= 0.3 is 6.03 Å². The second kappa shape index (κ2) is 7.59. The van der Waals surface area contributed by atoms with Crippen molar-refractivity contribution >= 4 is 23.2 Å². The van der Waals surface area contributed by atoms with E-state index in [0.29, 0.717) is 6.04 Å². The number of nitrogens with one attached hydrogen (secondary N) is 2. The van der Waals surface area contributed by atoms with Crippen molar-refractivity contribution in [2.24, 2.45) is 0 Å². The van der Waals surface area contributed by atoms with E-state index in [9.17, 15) is 4.79 Å². The lowest BCUT2D eigenvalue weighted by Gasteiger charge is -2.24. The predicted octanol–water partition coefficient (Wildman–Crippen LogP) is 4.12. The topological polar surface area (TPSA) is 71.8 Å². The van der Waals surface area contributed by atoms with Crippen LogP contribution in [0.4, 0.5) is 10.6 Å². The van der Waals surface area contributed by atoms with Gasteiger partial charge in [-0.05, 0) is 19.3 Å². The SMILES string of the molecule is CCC(NC(=O)Nc1ccnn1C1CCCCC1)c1nccs1. The number of carbonyl (C=O) groups is 1. The molecule has 2 heterocycles. The molecular weight excluding hydrogens is 310 g/mol. The quantitative estimate of drug-likeness (QED) is 0.864. The number of aromatic nitrogens is 3. The van der Waals surface area contributed by atoms with Crippen molar-refractivity contribution in [2.45, 2.75) is 57.5 Å². The lowest BCUT2D eigenvalue weighted by Crippen LogP contribution is -2.33. The molecule has 23 heavy (non-hydrogen) atoms. The molecule has 2 aromatic rings. The van der Waals surface area contributed by atoms with E-state index in [-0.39, 0.29) is 12.1 Å². The molecule has 0 spiro atoms. The van der Waals surface area contributed by atoms with Crippen LogP contribution in [0.2, 0.25) is 0 Å². The third-order valence-electron chi connectivity index (χ3n) is 4.30. The van der Waals surface area contributed by atoms with E-state index in [4.69, 9.17) is 0 Å². The molecule has 6 nitrogen and oxygen atoms in total. The molecular formula is C16H23N5OS. The third kappa shape index (κ3) is 3.90. The molecule has 124 valence electrons. The number of hydrogen-bond acceptors (Lipinski definition) is 4. The molecule has 1 saturated carbocycles. The Morgan fingerprint density at radius 3 is 2.91 bits per heavy atom. The molecule has 3 rings (SSSR count).